The lowest BCUT2D eigenvalue weighted by molar-refractivity contribution is -0.118. The number of anilines is 1. The number of aryl methyl sites for hydroxylation is 2. The lowest BCUT2D eigenvalue weighted by Crippen LogP contribution is -2.27. The summed E-state index contributed by atoms with van der Waals surface area (Å²) in [7, 11) is 0. The van der Waals surface area contributed by atoms with Crippen molar-refractivity contribution in [2.45, 2.75) is 38.6 Å². The van der Waals surface area contributed by atoms with Crippen LogP contribution < -0.4 is 5.32 Å². The predicted octanol–water partition coefficient (Wildman–Crippen LogP) is 2.45. The third-order valence-electron chi connectivity index (χ3n) is 3.66. The van der Waals surface area contributed by atoms with Crippen LogP contribution in [0.25, 0.3) is 0 Å². The van der Waals surface area contributed by atoms with Crippen LogP contribution in [0.5, 0.6) is 0 Å². The molecule has 2 aromatic rings. The van der Waals surface area contributed by atoms with E-state index in [1.165, 1.54) is 0 Å². The maximum absolute atomic E-state index is 12.5. The van der Waals surface area contributed by atoms with Gasteiger partial charge in [-0.05, 0) is 41.3 Å². The Labute approximate surface area is 125 Å². The van der Waals surface area contributed by atoms with Gasteiger partial charge in [-0.25, -0.2) is 0 Å². The second-order valence-electron chi connectivity index (χ2n) is 4.88. The van der Waals surface area contributed by atoms with E-state index in [4.69, 9.17) is 0 Å². The number of hydrogen-bond acceptors (Lipinski definition) is 3. The fraction of sp³-hybridized carbons (Fsp3) is 0.462. The Morgan fingerprint density at radius 2 is 2.50 bits per heavy atom. The van der Waals surface area contributed by atoms with Crippen LogP contribution in [0.1, 0.15) is 37.1 Å². The molecule has 2 aromatic heterocycles. The predicted molar refractivity (Wildman–Crippen MR) is 78.5 cm³/mol. The van der Waals surface area contributed by atoms with E-state index in [0.29, 0.717) is 5.82 Å². The second-order valence-corrected chi connectivity index (χ2v) is 5.67. The highest BCUT2D eigenvalue weighted by molar-refractivity contribution is 9.10. The third-order valence-corrected chi connectivity index (χ3v) is 4.51. The first-order chi connectivity index (χ1) is 9.70. The molecule has 7 heteroatoms. The fourth-order valence-electron chi connectivity index (χ4n) is 2.57. The number of carbonyl (C=O) groups excluding carboxylic acids is 1. The van der Waals surface area contributed by atoms with Gasteiger partial charge in [-0.15, -0.1) is 0 Å². The average Bonchev–Trinajstić information content (AvgIpc) is 3.06. The van der Waals surface area contributed by atoms with Crippen LogP contribution in [0.3, 0.4) is 0 Å². The van der Waals surface area contributed by atoms with Gasteiger partial charge in [-0.3, -0.25) is 14.6 Å². The third kappa shape index (κ3) is 2.26. The molecule has 106 valence electrons. The summed E-state index contributed by atoms with van der Waals surface area (Å²) in [6, 6.07) is 1.92. The smallest absolute Gasteiger partial charge is 0.234 e. The number of rotatable bonds is 3. The van der Waals surface area contributed by atoms with Crippen LogP contribution in [0, 0.1) is 0 Å². The number of aromatic nitrogens is 4. The van der Waals surface area contributed by atoms with Gasteiger partial charge >= 0.3 is 0 Å². The summed E-state index contributed by atoms with van der Waals surface area (Å²) in [4.78, 5) is 12.5. The number of nitrogens with zero attached hydrogens (tertiary/aromatic N) is 3. The van der Waals surface area contributed by atoms with Crippen LogP contribution in [-0.2, 0) is 17.8 Å². The zero-order valence-corrected chi connectivity index (χ0v) is 12.8. The Hall–Kier alpha value is -1.63. The summed E-state index contributed by atoms with van der Waals surface area (Å²) < 4.78 is 2.74. The molecule has 20 heavy (non-hydrogen) atoms. The number of H-pyrrole nitrogens is 1. The van der Waals surface area contributed by atoms with Crippen molar-refractivity contribution in [2.75, 3.05) is 5.32 Å². The molecule has 1 aliphatic heterocycles. The molecule has 0 saturated heterocycles. The van der Waals surface area contributed by atoms with Gasteiger partial charge in [0.05, 0.1) is 21.8 Å². The molecular weight excluding hydrogens is 322 g/mol. The number of nitrogens with one attached hydrogen (secondary N) is 2. The van der Waals surface area contributed by atoms with Crippen LogP contribution in [-0.4, -0.2) is 25.9 Å². The zero-order valence-electron chi connectivity index (χ0n) is 11.2. The molecule has 0 bridgehead atoms. The van der Waals surface area contributed by atoms with Crippen LogP contribution >= 0.6 is 15.9 Å². The Balaban J connectivity index is 1.79. The van der Waals surface area contributed by atoms with E-state index in [2.05, 4.69) is 36.5 Å². The second kappa shape index (κ2) is 5.40. The number of halogens is 1. The van der Waals surface area contributed by atoms with Gasteiger partial charge in [-0.2, -0.15) is 10.2 Å². The van der Waals surface area contributed by atoms with Crippen LogP contribution in [0.4, 0.5) is 5.82 Å². The summed E-state index contributed by atoms with van der Waals surface area (Å²) in [6.45, 7) is 2.92. The van der Waals surface area contributed by atoms with Gasteiger partial charge in [0.15, 0.2) is 5.82 Å². The van der Waals surface area contributed by atoms with Crippen molar-refractivity contribution in [2.24, 2.45) is 0 Å². The maximum atomic E-state index is 12.5. The fourth-order valence-corrected chi connectivity index (χ4v) is 3.13. The monoisotopic (exact) mass is 337 g/mol. The van der Waals surface area contributed by atoms with Crippen molar-refractivity contribution in [3.05, 3.63) is 28.1 Å². The van der Waals surface area contributed by atoms with Gasteiger partial charge in [0.1, 0.15) is 0 Å². The molecule has 0 radical (unpaired) electrons. The normalized spacial score (nSPS) is 17.8. The van der Waals surface area contributed by atoms with Gasteiger partial charge in [0.2, 0.25) is 5.91 Å². The minimum atomic E-state index is -0.153. The molecule has 0 aliphatic carbocycles. The van der Waals surface area contributed by atoms with Gasteiger partial charge in [0.25, 0.3) is 0 Å². The van der Waals surface area contributed by atoms with Gasteiger partial charge in [0, 0.05) is 12.7 Å². The first-order valence-electron chi connectivity index (χ1n) is 6.76. The van der Waals surface area contributed by atoms with Crippen molar-refractivity contribution in [3.63, 3.8) is 0 Å². The maximum Gasteiger partial charge on any atom is 0.234 e. The topological polar surface area (TPSA) is 75.6 Å². The lowest BCUT2D eigenvalue weighted by atomic mass is 9.95. The Kier molecular flexibility index (Phi) is 3.60. The first-order valence-corrected chi connectivity index (χ1v) is 7.55. The molecule has 1 atom stereocenters. The summed E-state index contributed by atoms with van der Waals surface area (Å²) in [5.74, 6) is 0.379. The highest BCUT2D eigenvalue weighted by Crippen LogP contribution is 2.29. The van der Waals surface area contributed by atoms with Gasteiger partial charge in [-0.1, -0.05) is 6.92 Å². The highest BCUT2D eigenvalue weighted by Gasteiger charge is 2.28. The lowest BCUT2D eigenvalue weighted by Gasteiger charge is -2.22. The minimum absolute atomic E-state index is 0.0266. The number of hydrogen-bond donors (Lipinski definition) is 2. The van der Waals surface area contributed by atoms with Gasteiger partial charge < -0.3 is 5.32 Å². The summed E-state index contributed by atoms with van der Waals surface area (Å²) in [5, 5.41) is 14.2. The molecule has 0 saturated carbocycles. The van der Waals surface area contributed by atoms with Crippen molar-refractivity contribution < 1.29 is 4.79 Å². The average molecular weight is 338 g/mol. The SMILES string of the molecule is CCc1[nH]nc(NC(=O)C2CCCn3nccc32)c1Br. The zero-order chi connectivity index (χ0) is 14.1. The van der Waals surface area contributed by atoms with E-state index in [9.17, 15) is 4.79 Å². The quantitative estimate of drug-likeness (QED) is 0.903. The standard InChI is InChI=1S/C13H16BrN5O/c1-2-9-11(14)12(18-17-9)16-13(20)8-4-3-7-19-10(8)5-6-15-19/h5-6,8H,2-4,7H2,1H3,(H2,16,17,18,20). The Morgan fingerprint density at radius 1 is 1.65 bits per heavy atom. The molecule has 1 amide bonds. The molecule has 0 spiro atoms. The number of fused-ring (bicyclic) bond motifs is 1. The van der Waals surface area contributed by atoms with E-state index < -0.39 is 0 Å². The minimum Gasteiger partial charge on any atom is -0.308 e. The van der Waals surface area contributed by atoms with E-state index in [0.717, 1.165) is 41.7 Å². The summed E-state index contributed by atoms with van der Waals surface area (Å²) >= 11 is 3.46. The van der Waals surface area contributed by atoms with E-state index in [1.54, 1.807) is 6.20 Å². The molecule has 6 nitrogen and oxygen atoms in total. The number of aromatic amines is 1. The molecule has 1 unspecified atom stereocenters. The van der Waals surface area contributed by atoms with Crippen molar-refractivity contribution in [1.29, 1.82) is 0 Å². The van der Waals surface area contributed by atoms with Crippen LogP contribution in [0.2, 0.25) is 0 Å². The van der Waals surface area contributed by atoms with E-state index in [1.807, 2.05) is 17.7 Å². The largest absolute Gasteiger partial charge is 0.308 e. The van der Waals surface area contributed by atoms with E-state index >= 15 is 0 Å². The molecule has 3 heterocycles. The molecule has 3 rings (SSSR count). The molecule has 1 aliphatic rings. The van der Waals surface area contributed by atoms with Crippen molar-refractivity contribution in [1.82, 2.24) is 20.0 Å². The van der Waals surface area contributed by atoms with Crippen molar-refractivity contribution >= 4 is 27.7 Å². The van der Waals surface area contributed by atoms with E-state index in [-0.39, 0.29) is 11.8 Å². The molecule has 0 fully saturated rings. The first kappa shape index (κ1) is 13.4. The molecule has 2 N–H and O–H groups in total. The Morgan fingerprint density at radius 3 is 3.25 bits per heavy atom. The number of carbonyl (C=O) groups is 1. The summed E-state index contributed by atoms with van der Waals surface area (Å²) in [6.07, 6.45) is 4.40. The highest BCUT2D eigenvalue weighted by atomic mass is 79.9. The molecular formula is C13H16BrN5O. The Bertz CT molecular complexity index is 632. The number of amides is 1. The van der Waals surface area contributed by atoms with Crippen LogP contribution in [0.15, 0.2) is 16.7 Å². The van der Waals surface area contributed by atoms with Crippen molar-refractivity contribution in [3.8, 4) is 0 Å². The summed E-state index contributed by atoms with van der Waals surface area (Å²) in [5.41, 5.74) is 1.96. The molecule has 0 aromatic carbocycles.